The van der Waals surface area contributed by atoms with Gasteiger partial charge in [-0.25, -0.2) is 9.59 Å². The molecule has 1 unspecified atom stereocenters. The zero-order valence-corrected chi connectivity index (χ0v) is 12.7. The average molecular weight is 326 g/mol. The number of hydrogen-bond donors (Lipinski definition) is 2. The molecule has 2 N–H and O–H groups in total. The van der Waals surface area contributed by atoms with Gasteiger partial charge in [0.05, 0.1) is 5.56 Å². The van der Waals surface area contributed by atoms with E-state index in [0.29, 0.717) is 27.8 Å². The first kappa shape index (κ1) is 15.6. The lowest BCUT2D eigenvalue weighted by Gasteiger charge is -2.10. The van der Waals surface area contributed by atoms with Crippen LogP contribution in [0.25, 0.3) is 22.1 Å². The minimum Gasteiger partial charge on any atom is -0.508 e. The number of aromatic hydroxyl groups is 1. The molecule has 0 bridgehead atoms. The van der Waals surface area contributed by atoms with Crippen LogP contribution in [0.15, 0.2) is 57.7 Å². The van der Waals surface area contributed by atoms with Crippen LogP contribution in [-0.2, 0) is 4.79 Å². The summed E-state index contributed by atoms with van der Waals surface area (Å²) in [6.45, 7) is 1.41. The standard InChI is InChI=1S/C18H14O6/c1-10(17(20)21)23-14-7-4-12-8-15(18(22)24-16(12)9-14)11-2-5-13(19)6-3-11/h2-10,19H,1H3,(H,20,21). The molecule has 0 saturated carbocycles. The van der Waals surface area contributed by atoms with E-state index >= 15 is 0 Å². The molecular formula is C18H14O6. The summed E-state index contributed by atoms with van der Waals surface area (Å²) in [7, 11) is 0. The maximum absolute atomic E-state index is 12.2. The smallest absolute Gasteiger partial charge is 0.344 e. The molecule has 6 heteroatoms. The number of carboxylic acid groups (broad SMARTS) is 1. The quantitative estimate of drug-likeness (QED) is 0.715. The molecule has 0 fully saturated rings. The fourth-order valence-electron chi connectivity index (χ4n) is 2.26. The largest absolute Gasteiger partial charge is 0.508 e. The van der Waals surface area contributed by atoms with Gasteiger partial charge in [-0.2, -0.15) is 0 Å². The number of rotatable bonds is 4. The maximum atomic E-state index is 12.2. The molecule has 2 aromatic carbocycles. The highest BCUT2D eigenvalue weighted by Gasteiger charge is 2.14. The van der Waals surface area contributed by atoms with Gasteiger partial charge in [0.2, 0.25) is 0 Å². The molecule has 1 atom stereocenters. The van der Waals surface area contributed by atoms with E-state index in [2.05, 4.69) is 0 Å². The number of carbonyl (C=O) groups is 1. The lowest BCUT2D eigenvalue weighted by atomic mass is 10.1. The van der Waals surface area contributed by atoms with Crippen LogP contribution >= 0.6 is 0 Å². The van der Waals surface area contributed by atoms with Crippen molar-refractivity contribution >= 4 is 16.9 Å². The summed E-state index contributed by atoms with van der Waals surface area (Å²) in [5, 5.41) is 18.9. The Hall–Kier alpha value is -3.28. The zero-order valence-electron chi connectivity index (χ0n) is 12.7. The van der Waals surface area contributed by atoms with Crippen LogP contribution in [0.3, 0.4) is 0 Å². The van der Waals surface area contributed by atoms with Crippen molar-refractivity contribution < 1.29 is 24.2 Å². The summed E-state index contributed by atoms with van der Waals surface area (Å²) in [5.74, 6) is -0.671. The number of ether oxygens (including phenoxy) is 1. The van der Waals surface area contributed by atoms with Crippen molar-refractivity contribution in [1.82, 2.24) is 0 Å². The second-order valence-electron chi connectivity index (χ2n) is 5.29. The van der Waals surface area contributed by atoms with Gasteiger partial charge in [0, 0.05) is 11.5 Å². The van der Waals surface area contributed by atoms with Gasteiger partial charge in [0.25, 0.3) is 0 Å². The summed E-state index contributed by atoms with van der Waals surface area (Å²) >= 11 is 0. The SMILES string of the molecule is CC(Oc1ccc2cc(-c3ccc(O)cc3)c(=O)oc2c1)C(=O)O. The molecule has 24 heavy (non-hydrogen) atoms. The maximum Gasteiger partial charge on any atom is 0.344 e. The fourth-order valence-corrected chi connectivity index (χ4v) is 2.26. The number of carboxylic acids is 1. The van der Waals surface area contributed by atoms with Gasteiger partial charge in [-0.3, -0.25) is 0 Å². The van der Waals surface area contributed by atoms with Crippen LogP contribution in [0.5, 0.6) is 11.5 Å². The van der Waals surface area contributed by atoms with E-state index in [9.17, 15) is 14.7 Å². The molecule has 0 radical (unpaired) electrons. The van der Waals surface area contributed by atoms with Crippen molar-refractivity contribution in [1.29, 1.82) is 0 Å². The first-order valence-electron chi connectivity index (χ1n) is 7.21. The predicted molar refractivity (Wildman–Crippen MR) is 87.3 cm³/mol. The summed E-state index contributed by atoms with van der Waals surface area (Å²) in [4.78, 5) is 23.0. The molecule has 0 aliphatic heterocycles. The van der Waals surface area contributed by atoms with Gasteiger partial charge < -0.3 is 19.4 Å². The third-order valence-electron chi connectivity index (χ3n) is 3.55. The van der Waals surface area contributed by atoms with E-state index in [1.54, 1.807) is 30.3 Å². The van der Waals surface area contributed by atoms with Gasteiger partial charge in [0.1, 0.15) is 17.1 Å². The van der Waals surface area contributed by atoms with Crippen LogP contribution in [0.2, 0.25) is 0 Å². The number of fused-ring (bicyclic) bond motifs is 1. The third kappa shape index (κ3) is 3.08. The van der Waals surface area contributed by atoms with Gasteiger partial charge in [-0.05, 0) is 42.8 Å². The van der Waals surface area contributed by atoms with Crippen molar-refractivity contribution in [2.24, 2.45) is 0 Å². The van der Waals surface area contributed by atoms with Crippen LogP contribution in [0.4, 0.5) is 0 Å². The predicted octanol–water partition coefficient (Wildman–Crippen LogP) is 3.02. The lowest BCUT2D eigenvalue weighted by Crippen LogP contribution is -2.22. The van der Waals surface area contributed by atoms with Crippen LogP contribution in [0.1, 0.15) is 6.92 Å². The summed E-state index contributed by atoms with van der Waals surface area (Å²) < 4.78 is 10.6. The molecule has 0 amide bonds. The molecule has 3 aromatic rings. The van der Waals surface area contributed by atoms with Crippen molar-refractivity contribution in [3.05, 3.63) is 59.0 Å². The normalized spacial score (nSPS) is 12.0. The molecule has 3 rings (SSSR count). The Bertz CT molecular complexity index is 955. The molecule has 0 aliphatic rings. The molecule has 6 nitrogen and oxygen atoms in total. The lowest BCUT2D eigenvalue weighted by molar-refractivity contribution is -0.144. The molecule has 122 valence electrons. The minimum atomic E-state index is -1.08. The van der Waals surface area contributed by atoms with Crippen molar-refractivity contribution in [2.75, 3.05) is 0 Å². The highest BCUT2D eigenvalue weighted by molar-refractivity contribution is 5.83. The summed E-state index contributed by atoms with van der Waals surface area (Å²) in [5.41, 5.74) is 0.771. The first-order valence-corrected chi connectivity index (χ1v) is 7.21. The van der Waals surface area contributed by atoms with Crippen LogP contribution in [0, 0.1) is 0 Å². The Balaban J connectivity index is 2.02. The fraction of sp³-hybridized carbons (Fsp3) is 0.111. The second-order valence-corrected chi connectivity index (χ2v) is 5.29. The number of phenolic OH excluding ortho intramolecular Hbond substituents is 1. The average Bonchev–Trinajstić information content (AvgIpc) is 2.55. The Morgan fingerprint density at radius 1 is 1.12 bits per heavy atom. The number of phenols is 1. The number of benzene rings is 2. The van der Waals surface area contributed by atoms with Gasteiger partial charge in [-0.1, -0.05) is 12.1 Å². The minimum absolute atomic E-state index is 0.110. The molecule has 0 spiro atoms. The molecule has 1 heterocycles. The van der Waals surface area contributed by atoms with E-state index in [1.165, 1.54) is 25.1 Å². The molecule has 0 saturated heterocycles. The highest BCUT2D eigenvalue weighted by atomic mass is 16.5. The molecule has 1 aromatic heterocycles. The van der Waals surface area contributed by atoms with Crippen LogP contribution in [-0.4, -0.2) is 22.3 Å². The summed E-state index contributed by atoms with van der Waals surface area (Å²) in [6, 6.07) is 12.7. The molecule has 0 aliphatic carbocycles. The van der Waals surface area contributed by atoms with Gasteiger partial charge >= 0.3 is 11.6 Å². The first-order chi connectivity index (χ1) is 11.4. The summed E-state index contributed by atoms with van der Waals surface area (Å²) in [6.07, 6.45) is -1.01. The van der Waals surface area contributed by atoms with Crippen molar-refractivity contribution in [3.8, 4) is 22.6 Å². The Kier molecular flexibility index (Phi) is 3.95. The Morgan fingerprint density at radius 2 is 1.83 bits per heavy atom. The molecular weight excluding hydrogens is 312 g/mol. The number of hydrogen-bond acceptors (Lipinski definition) is 5. The van der Waals surface area contributed by atoms with Crippen molar-refractivity contribution in [2.45, 2.75) is 13.0 Å². The second kappa shape index (κ2) is 6.08. The third-order valence-corrected chi connectivity index (χ3v) is 3.55. The van der Waals surface area contributed by atoms with E-state index in [0.717, 1.165) is 0 Å². The van der Waals surface area contributed by atoms with E-state index < -0.39 is 17.7 Å². The van der Waals surface area contributed by atoms with Crippen LogP contribution < -0.4 is 10.4 Å². The van der Waals surface area contributed by atoms with Gasteiger partial charge in [0.15, 0.2) is 6.10 Å². The van der Waals surface area contributed by atoms with E-state index in [-0.39, 0.29) is 5.75 Å². The monoisotopic (exact) mass is 326 g/mol. The zero-order chi connectivity index (χ0) is 17.3. The van der Waals surface area contributed by atoms with Crippen molar-refractivity contribution in [3.63, 3.8) is 0 Å². The van der Waals surface area contributed by atoms with Gasteiger partial charge in [-0.15, -0.1) is 0 Å². The van der Waals surface area contributed by atoms with E-state index in [4.69, 9.17) is 14.3 Å². The Morgan fingerprint density at radius 3 is 2.50 bits per heavy atom. The highest BCUT2D eigenvalue weighted by Crippen LogP contribution is 2.25. The topological polar surface area (TPSA) is 97.0 Å². The van der Waals surface area contributed by atoms with E-state index in [1.807, 2.05) is 0 Å². The number of aliphatic carboxylic acids is 1. The Labute approximate surface area is 136 Å².